The molecule has 0 amide bonds. The van der Waals surface area contributed by atoms with Gasteiger partial charge in [-0.15, -0.1) is 0 Å². The lowest BCUT2D eigenvalue weighted by Crippen LogP contribution is -2.54. The molecule has 42 heavy (non-hydrogen) atoms. The normalized spacial score (nSPS) is 46.7. The third kappa shape index (κ3) is 5.59. The fraction of sp³-hybridized carbons (Fsp3) is 0.946. The minimum absolute atomic E-state index is 0.0246. The fourth-order valence-corrected chi connectivity index (χ4v) is 11.1. The van der Waals surface area contributed by atoms with Gasteiger partial charge in [-0.25, -0.2) is 0 Å². The van der Waals surface area contributed by atoms with Crippen molar-refractivity contribution >= 4 is 0 Å². The first-order chi connectivity index (χ1) is 19.5. The second-order valence-electron chi connectivity index (χ2n) is 17.4. The van der Waals surface area contributed by atoms with E-state index in [1.807, 2.05) is 20.8 Å². The Hall–Kier alpha value is -0.460. The zero-order valence-corrected chi connectivity index (χ0v) is 28.4. The van der Waals surface area contributed by atoms with Gasteiger partial charge in [0.1, 0.15) is 6.10 Å². The first-order valence-electron chi connectivity index (χ1n) is 17.6. The molecule has 4 unspecified atom stereocenters. The van der Waals surface area contributed by atoms with Gasteiger partial charge in [-0.2, -0.15) is 0 Å². The second-order valence-corrected chi connectivity index (χ2v) is 17.4. The minimum Gasteiger partial charge on any atom is -0.394 e. The van der Waals surface area contributed by atoms with Gasteiger partial charge in [-0.1, -0.05) is 60.1 Å². The van der Waals surface area contributed by atoms with Crippen LogP contribution in [0.15, 0.2) is 11.6 Å². The van der Waals surface area contributed by atoms with Gasteiger partial charge in [-0.3, -0.25) is 0 Å². The van der Waals surface area contributed by atoms with Gasteiger partial charge in [-0.05, 0) is 129 Å². The Bertz CT molecular complexity index is 983. The highest BCUT2D eigenvalue weighted by Crippen LogP contribution is 2.70. The average Bonchev–Trinajstić information content (AvgIpc) is 3.26. The van der Waals surface area contributed by atoms with E-state index in [0.717, 1.165) is 36.5 Å². The van der Waals surface area contributed by atoms with Gasteiger partial charge in [0.25, 0.3) is 0 Å². The van der Waals surface area contributed by atoms with Gasteiger partial charge in [0, 0.05) is 6.42 Å². The van der Waals surface area contributed by atoms with Crippen LogP contribution in [0.25, 0.3) is 0 Å². The molecule has 0 aromatic heterocycles. The van der Waals surface area contributed by atoms with Crippen molar-refractivity contribution in [3.8, 4) is 0 Å². The smallest absolute Gasteiger partial charge is 0.159 e. The van der Waals surface area contributed by atoms with Crippen LogP contribution in [0.5, 0.6) is 0 Å². The number of ether oxygens (including phenoxy) is 2. The standard InChI is InChI=1S/C37H64O5/c1-22(10-17-31(35(6,7)40)42-32-20-23(2)33(39)30(21-38)41-32)25-13-15-28-29-16-14-26-27(12-11-24(3)34(26,4)5)37(29,9)19-18-36(25,28)8/h14,22-25,27-33,38-40H,10-13,15-21H2,1-9H3/t22-,23-,24+,25?,27?,28?,29+,30-,31-,32+,33?,36-,37+/m1/s1. The van der Waals surface area contributed by atoms with Crippen LogP contribution in [0.1, 0.15) is 127 Å². The van der Waals surface area contributed by atoms with Gasteiger partial charge in [0.15, 0.2) is 6.29 Å². The number of rotatable bonds is 8. The monoisotopic (exact) mass is 588 g/mol. The molecule has 1 heterocycles. The van der Waals surface area contributed by atoms with Crippen LogP contribution in [0.4, 0.5) is 0 Å². The van der Waals surface area contributed by atoms with Crippen molar-refractivity contribution in [1.82, 2.24) is 0 Å². The first kappa shape index (κ1) is 32.9. The lowest BCUT2D eigenvalue weighted by Gasteiger charge is -2.62. The maximum Gasteiger partial charge on any atom is 0.159 e. The summed E-state index contributed by atoms with van der Waals surface area (Å²) in [6.45, 7) is 20.7. The summed E-state index contributed by atoms with van der Waals surface area (Å²) in [5.41, 5.74) is 1.97. The molecule has 5 nitrogen and oxygen atoms in total. The molecule has 1 aliphatic heterocycles. The van der Waals surface area contributed by atoms with E-state index in [4.69, 9.17) is 9.47 Å². The Morgan fingerprint density at radius 1 is 1.00 bits per heavy atom. The van der Waals surface area contributed by atoms with E-state index in [1.54, 1.807) is 5.57 Å². The molecule has 0 radical (unpaired) electrons. The molecule has 5 aliphatic rings. The largest absolute Gasteiger partial charge is 0.394 e. The van der Waals surface area contributed by atoms with Crippen molar-refractivity contribution in [2.24, 2.45) is 57.7 Å². The van der Waals surface area contributed by atoms with Gasteiger partial charge >= 0.3 is 0 Å². The van der Waals surface area contributed by atoms with Crippen molar-refractivity contribution in [3.05, 3.63) is 11.6 Å². The van der Waals surface area contributed by atoms with E-state index in [1.165, 1.54) is 44.9 Å². The Labute approximate surface area is 257 Å². The molecule has 0 bridgehead atoms. The second kappa shape index (κ2) is 11.7. The molecule has 1 saturated heterocycles. The van der Waals surface area contributed by atoms with Crippen LogP contribution in [0, 0.1) is 57.7 Å². The molecular weight excluding hydrogens is 524 g/mol. The Morgan fingerprint density at radius 3 is 2.36 bits per heavy atom. The molecule has 5 heteroatoms. The Kier molecular flexibility index (Phi) is 9.19. The molecule has 0 aromatic rings. The average molecular weight is 589 g/mol. The van der Waals surface area contributed by atoms with Gasteiger partial charge in [0.05, 0.1) is 24.4 Å². The molecular formula is C37H64O5. The first-order valence-corrected chi connectivity index (χ1v) is 17.6. The maximum atomic E-state index is 11.1. The Morgan fingerprint density at radius 2 is 1.69 bits per heavy atom. The van der Waals surface area contributed by atoms with E-state index in [9.17, 15) is 15.3 Å². The summed E-state index contributed by atoms with van der Waals surface area (Å²) in [5, 5.41) is 31.1. The summed E-state index contributed by atoms with van der Waals surface area (Å²) in [7, 11) is 0. The highest BCUT2D eigenvalue weighted by atomic mass is 16.7. The molecule has 4 aliphatic carbocycles. The quantitative estimate of drug-likeness (QED) is 0.256. The summed E-state index contributed by atoms with van der Waals surface area (Å²) >= 11 is 0. The number of aliphatic hydroxyl groups excluding tert-OH is 2. The molecule has 0 spiro atoms. The topological polar surface area (TPSA) is 79.2 Å². The zero-order valence-electron chi connectivity index (χ0n) is 28.4. The van der Waals surface area contributed by atoms with Gasteiger partial charge in [0.2, 0.25) is 0 Å². The third-order valence-corrected chi connectivity index (χ3v) is 14.4. The third-order valence-electron chi connectivity index (χ3n) is 14.4. The number of aliphatic hydroxyl groups is 3. The van der Waals surface area contributed by atoms with E-state index in [2.05, 4.69) is 47.6 Å². The van der Waals surface area contributed by atoms with Crippen LogP contribution in [0.2, 0.25) is 0 Å². The van der Waals surface area contributed by atoms with E-state index >= 15 is 0 Å². The Balaban J connectivity index is 1.26. The number of fused-ring (bicyclic) bond motifs is 5. The maximum absolute atomic E-state index is 11.1. The summed E-state index contributed by atoms with van der Waals surface area (Å²) in [4.78, 5) is 0. The van der Waals surface area contributed by atoms with Crippen LogP contribution < -0.4 is 0 Å². The van der Waals surface area contributed by atoms with E-state index in [0.29, 0.717) is 34.5 Å². The predicted octanol–water partition coefficient (Wildman–Crippen LogP) is 7.51. The highest BCUT2D eigenvalue weighted by molar-refractivity contribution is 5.28. The molecule has 4 fully saturated rings. The molecule has 242 valence electrons. The lowest BCUT2D eigenvalue weighted by molar-refractivity contribution is -0.276. The predicted molar refractivity (Wildman–Crippen MR) is 169 cm³/mol. The lowest BCUT2D eigenvalue weighted by atomic mass is 9.43. The molecule has 3 N–H and O–H groups in total. The van der Waals surface area contributed by atoms with Crippen LogP contribution >= 0.6 is 0 Å². The van der Waals surface area contributed by atoms with Crippen LogP contribution in [0.3, 0.4) is 0 Å². The van der Waals surface area contributed by atoms with Crippen molar-refractivity contribution < 1.29 is 24.8 Å². The minimum atomic E-state index is -0.997. The molecule has 13 atom stereocenters. The van der Waals surface area contributed by atoms with E-state index < -0.39 is 24.1 Å². The van der Waals surface area contributed by atoms with Crippen LogP contribution in [-0.4, -0.2) is 52.1 Å². The number of hydrogen-bond donors (Lipinski definition) is 3. The SMILES string of the molecule is C[C@@H]1C[C@H](O[C@H](CC[C@@H](C)C2CCC3[C@@H]4CC=C5C(CC[C@H](C)C5(C)C)[C@]4(C)CC[C@]23C)C(C)(C)O)O[C@H](CO)C1O. The number of allylic oxidation sites excluding steroid dienone is 2. The van der Waals surface area contributed by atoms with Gasteiger partial charge < -0.3 is 24.8 Å². The fourth-order valence-electron chi connectivity index (χ4n) is 11.1. The van der Waals surface area contributed by atoms with Crippen molar-refractivity contribution in [1.29, 1.82) is 0 Å². The van der Waals surface area contributed by atoms with E-state index in [-0.39, 0.29) is 18.6 Å². The summed E-state index contributed by atoms with van der Waals surface area (Å²) in [6.07, 6.45) is 12.3. The van der Waals surface area contributed by atoms with Crippen molar-refractivity contribution in [2.75, 3.05) is 6.61 Å². The molecule has 0 aromatic carbocycles. The zero-order chi connectivity index (χ0) is 30.8. The number of hydrogen-bond acceptors (Lipinski definition) is 5. The summed E-state index contributed by atoms with van der Waals surface area (Å²) < 4.78 is 12.3. The highest BCUT2D eigenvalue weighted by Gasteiger charge is 2.62. The van der Waals surface area contributed by atoms with Crippen LogP contribution in [-0.2, 0) is 9.47 Å². The molecule has 3 saturated carbocycles. The van der Waals surface area contributed by atoms with Crippen molar-refractivity contribution in [2.45, 2.75) is 157 Å². The summed E-state index contributed by atoms with van der Waals surface area (Å²) in [5.74, 6) is 4.41. The molecule has 5 rings (SSSR count). The summed E-state index contributed by atoms with van der Waals surface area (Å²) in [6, 6.07) is 0. The van der Waals surface area contributed by atoms with Crippen molar-refractivity contribution in [3.63, 3.8) is 0 Å².